The van der Waals surface area contributed by atoms with Crippen molar-refractivity contribution in [2.75, 3.05) is 6.61 Å². The van der Waals surface area contributed by atoms with E-state index in [9.17, 15) is 35.0 Å². The van der Waals surface area contributed by atoms with Gasteiger partial charge in [0.05, 0.1) is 41.2 Å². The number of nitriles is 1. The fourth-order valence-corrected chi connectivity index (χ4v) is 5.05. The van der Waals surface area contributed by atoms with Crippen LogP contribution < -0.4 is 11.1 Å². The lowest BCUT2D eigenvalue weighted by Crippen LogP contribution is -2.28. The molecular weight excluding hydrogens is 504 g/mol. The number of hydrogen-bond acceptors (Lipinski definition) is 8. The molecule has 192 valence electrons. The van der Waals surface area contributed by atoms with Crippen LogP contribution in [0.3, 0.4) is 0 Å². The summed E-state index contributed by atoms with van der Waals surface area (Å²) < 4.78 is 1.88. The molecule has 12 heteroatoms. The highest BCUT2D eigenvalue weighted by molar-refractivity contribution is 6.28. The van der Waals surface area contributed by atoms with Crippen molar-refractivity contribution in [3.8, 4) is 23.5 Å². The number of carbonyl (C=O) groups is 1. The normalized spacial score (nSPS) is 12.0. The minimum absolute atomic E-state index is 0.00987. The molecule has 0 spiro atoms. The Balaban J connectivity index is 2.03. The van der Waals surface area contributed by atoms with Gasteiger partial charge in [-0.15, -0.1) is 5.11 Å². The third-order valence-electron chi connectivity index (χ3n) is 6.92. The summed E-state index contributed by atoms with van der Waals surface area (Å²) in [5, 5.41) is 44.9. The third-order valence-corrected chi connectivity index (χ3v) is 6.92. The van der Waals surface area contributed by atoms with E-state index >= 15 is 0 Å². The molecule has 0 aliphatic carbocycles. The summed E-state index contributed by atoms with van der Waals surface area (Å²) in [6.07, 6.45) is 0.279. The van der Waals surface area contributed by atoms with Crippen molar-refractivity contribution >= 4 is 43.9 Å². The molecule has 0 bridgehead atoms. The molecule has 0 saturated heterocycles. The maximum atomic E-state index is 13.8. The monoisotopic (exact) mass is 522 g/mol. The lowest BCUT2D eigenvalue weighted by molar-refractivity contribution is 0.0991. The number of rotatable bonds is 5. The standard InChI is InChI=1S/C27H18N6O6/c1-3-14(11-34)32-25(37)17-9-18(30-2)22-21-16(8-13(10-28)19(20(17)21)26(32)38)24(36)33(27(22)39)15-6-4-12(5-7-15)23(35)31-29/h4-9,14,29,34,36-37H,3,11H2,1H3. The zero-order valence-electron chi connectivity index (χ0n) is 20.3. The van der Waals surface area contributed by atoms with E-state index in [1.807, 2.05) is 6.07 Å². The zero-order valence-corrected chi connectivity index (χ0v) is 20.3. The van der Waals surface area contributed by atoms with Crippen molar-refractivity contribution in [2.45, 2.75) is 19.4 Å². The van der Waals surface area contributed by atoms with Crippen LogP contribution in [0.25, 0.3) is 42.8 Å². The van der Waals surface area contributed by atoms with Crippen LogP contribution in [0.1, 0.15) is 35.3 Å². The van der Waals surface area contributed by atoms with Gasteiger partial charge in [-0.2, -0.15) is 5.26 Å². The minimum Gasteiger partial charge on any atom is -0.494 e. The highest BCUT2D eigenvalue weighted by Gasteiger charge is 2.28. The average Bonchev–Trinajstić information content (AvgIpc) is 2.96. The SMILES string of the molecule is [C-]#[N+]c1cc2c(O)n(C(CC)CO)c(=O)c3c(C#N)cc4c(O)n(-c5ccc(C(=O)N=N)cc5)c(=O)c1c4c23. The average molecular weight is 522 g/mol. The molecule has 2 heterocycles. The Morgan fingerprint density at radius 1 is 1.08 bits per heavy atom. The molecule has 0 aliphatic rings. The summed E-state index contributed by atoms with van der Waals surface area (Å²) in [4.78, 5) is 42.6. The molecule has 5 aromatic rings. The third kappa shape index (κ3) is 3.36. The first-order chi connectivity index (χ1) is 18.7. The van der Waals surface area contributed by atoms with E-state index in [2.05, 4.69) is 9.96 Å². The van der Waals surface area contributed by atoms with Gasteiger partial charge >= 0.3 is 0 Å². The van der Waals surface area contributed by atoms with Gasteiger partial charge in [0.25, 0.3) is 17.0 Å². The van der Waals surface area contributed by atoms with Gasteiger partial charge in [0.1, 0.15) is 6.07 Å². The molecule has 3 aromatic carbocycles. The number of aromatic hydroxyl groups is 2. The topological polar surface area (TPSA) is 186 Å². The second-order valence-electron chi connectivity index (χ2n) is 8.81. The first kappa shape index (κ1) is 25.1. The molecule has 39 heavy (non-hydrogen) atoms. The highest BCUT2D eigenvalue weighted by atomic mass is 16.3. The van der Waals surface area contributed by atoms with Crippen molar-refractivity contribution in [1.29, 1.82) is 10.8 Å². The van der Waals surface area contributed by atoms with Crippen molar-refractivity contribution in [2.24, 2.45) is 5.11 Å². The van der Waals surface area contributed by atoms with Gasteiger partial charge in [-0.05, 0) is 48.2 Å². The Labute approximate surface area is 218 Å². The second kappa shape index (κ2) is 9.06. The summed E-state index contributed by atoms with van der Waals surface area (Å²) in [6, 6.07) is 8.94. The summed E-state index contributed by atoms with van der Waals surface area (Å²) >= 11 is 0. The Hall–Kier alpha value is -5.59. The quantitative estimate of drug-likeness (QED) is 0.153. The Morgan fingerprint density at radius 2 is 1.72 bits per heavy atom. The predicted octanol–water partition coefficient (Wildman–Crippen LogP) is 3.84. The summed E-state index contributed by atoms with van der Waals surface area (Å²) in [7, 11) is 0. The second-order valence-corrected chi connectivity index (χ2v) is 8.81. The molecule has 5 rings (SSSR count). The fourth-order valence-electron chi connectivity index (χ4n) is 5.05. The van der Waals surface area contributed by atoms with Gasteiger partial charge in [0, 0.05) is 21.7 Å². The molecule has 4 N–H and O–H groups in total. The maximum Gasteiger partial charge on any atom is 0.294 e. The number of nitrogens with zero attached hydrogens (tertiary/aromatic N) is 5. The number of hydrogen-bond donors (Lipinski definition) is 4. The van der Waals surface area contributed by atoms with E-state index in [1.165, 1.54) is 36.4 Å². The first-order valence-electron chi connectivity index (χ1n) is 11.6. The number of benzene rings is 3. The Morgan fingerprint density at radius 3 is 2.28 bits per heavy atom. The molecule has 0 saturated carbocycles. The number of aliphatic hydroxyl groups is 1. The zero-order chi connectivity index (χ0) is 28.2. The van der Waals surface area contributed by atoms with Crippen molar-refractivity contribution in [1.82, 2.24) is 9.13 Å². The van der Waals surface area contributed by atoms with Crippen molar-refractivity contribution in [3.05, 3.63) is 79.6 Å². The molecule has 1 amide bonds. The van der Waals surface area contributed by atoms with Gasteiger partial charge in [-0.1, -0.05) is 6.92 Å². The van der Waals surface area contributed by atoms with E-state index in [1.54, 1.807) is 6.92 Å². The summed E-state index contributed by atoms with van der Waals surface area (Å²) in [5.74, 6) is -1.94. The minimum atomic E-state index is -0.814. The van der Waals surface area contributed by atoms with Crippen molar-refractivity contribution < 1.29 is 20.1 Å². The lowest BCUT2D eigenvalue weighted by atomic mass is 9.92. The molecule has 0 aliphatic heterocycles. The van der Waals surface area contributed by atoms with Gasteiger partial charge in [-0.25, -0.2) is 14.9 Å². The summed E-state index contributed by atoms with van der Waals surface area (Å²) in [6.45, 7) is 8.99. The molecular formula is C27H18N6O6. The summed E-state index contributed by atoms with van der Waals surface area (Å²) in [5.41, 5.74) is 5.19. The van der Waals surface area contributed by atoms with E-state index in [0.717, 1.165) is 9.13 Å². The largest absolute Gasteiger partial charge is 0.494 e. The van der Waals surface area contributed by atoms with Crippen LogP contribution in [0.5, 0.6) is 11.8 Å². The van der Waals surface area contributed by atoms with Crippen LogP contribution in [-0.2, 0) is 0 Å². The molecule has 0 radical (unpaired) electrons. The molecule has 2 aromatic heterocycles. The van der Waals surface area contributed by atoms with Gasteiger partial charge < -0.3 is 15.3 Å². The van der Waals surface area contributed by atoms with Crippen LogP contribution in [-0.4, -0.2) is 37.0 Å². The van der Waals surface area contributed by atoms with E-state index in [4.69, 9.17) is 12.1 Å². The smallest absolute Gasteiger partial charge is 0.294 e. The lowest BCUT2D eigenvalue weighted by Gasteiger charge is -2.22. The van der Waals surface area contributed by atoms with E-state index < -0.39 is 41.4 Å². The molecule has 12 nitrogen and oxygen atoms in total. The molecule has 1 atom stereocenters. The fraction of sp³-hybridized carbons (Fsp3) is 0.148. The molecule has 1 unspecified atom stereocenters. The van der Waals surface area contributed by atoms with E-state index in [0.29, 0.717) is 0 Å². The Kier molecular flexibility index (Phi) is 5.82. The highest BCUT2D eigenvalue weighted by Crippen LogP contribution is 2.44. The molecule has 0 fully saturated rings. The number of nitrogens with one attached hydrogen (secondary N) is 1. The number of aliphatic hydroxyl groups excluding tert-OH is 1. The maximum absolute atomic E-state index is 13.8. The van der Waals surface area contributed by atoms with Crippen LogP contribution in [0.15, 0.2) is 51.1 Å². The van der Waals surface area contributed by atoms with Crippen LogP contribution in [0.4, 0.5) is 5.69 Å². The van der Waals surface area contributed by atoms with Gasteiger partial charge in [-0.3, -0.25) is 19.0 Å². The van der Waals surface area contributed by atoms with Crippen LogP contribution in [0.2, 0.25) is 0 Å². The van der Waals surface area contributed by atoms with Crippen LogP contribution >= 0.6 is 0 Å². The van der Waals surface area contributed by atoms with Crippen LogP contribution in [0, 0.1) is 23.4 Å². The van der Waals surface area contributed by atoms with Gasteiger partial charge in [0.2, 0.25) is 17.4 Å². The van der Waals surface area contributed by atoms with E-state index in [-0.39, 0.29) is 61.2 Å². The number of amides is 1. The Bertz CT molecular complexity index is 2060. The number of pyridine rings is 2. The number of aromatic nitrogens is 2. The van der Waals surface area contributed by atoms with Crippen molar-refractivity contribution in [3.63, 3.8) is 0 Å². The first-order valence-corrected chi connectivity index (χ1v) is 11.6. The number of carbonyl (C=O) groups excluding carboxylic acids is 1. The predicted molar refractivity (Wildman–Crippen MR) is 140 cm³/mol. The van der Waals surface area contributed by atoms with Gasteiger partial charge in [0.15, 0.2) is 0 Å².